The molecule has 2 aliphatic carbocycles. The van der Waals surface area contributed by atoms with Gasteiger partial charge in [-0.15, -0.1) is 0 Å². The average Bonchev–Trinajstić information content (AvgIpc) is 2.65. The van der Waals surface area contributed by atoms with Crippen molar-refractivity contribution in [3.05, 3.63) is 41.2 Å². The van der Waals surface area contributed by atoms with Crippen LogP contribution in [0.4, 0.5) is 4.39 Å². The molecule has 1 aromatic rings. The number of hydrogen-bond donors (Lipinski definition) is 0. The Morgan fingerprint density at radius 2 is 1.80 bits per heavy atom. The quantitative estimate of drug-likeness (QED) is 0.464. The number of aryl methyl sites for hydroxylation is 1. The molecule has 0 radical (unpaired) electrons. The first-order valence-electron chi connectivity index (χ1n) is 10.6. The van der Waals surface area contributed by atoms with Gasteiger partial charge in [0.15, 0.2) is 0 Å². The van der Waals surface area contributed by atoms with Crippen LogP contribution in [0.2, 0.25) is 0 Å². The third-order valence-corrected chi connectivity index (χ3v) is 6.77. The van der Waals surface area contributed by atoms with E-state index in [1.165, 1.54) is 69.8 Å². The molecule has 25 heavy (non-hydrogen) atoms. The smallest absolute Gasteiger partial charge is 0.126 e. The SMILES string of the molecule is CCCCC[C@H]1CC[C@H](C2CC=C(c3ccc(C)c(F)c3)CC2)CC1. The molecule has 0 aliphatic heterocycles. The minimum atomic E-state index is -0.0677. The maximum atomic E-state index is 13.8. The van der Waals surface area contributed by atoms with E-state index in [-0.39, 0.29) is 5.82 Å². The van der Waals surface area contributed by atoms with Crippen LogP contribution in [0, 0.1) is 30.5 Å². The summed E-state index contributed by atoms with van der Waals surface area (Å²) < 4.78 is 13.8. The summed E-state index contributed by atoms with van der Waals surface area (Å²) >= 11 is 0. The third-order valence-electron chi connectivity index (χ3n) is 6.77. The van der Waals surface area contributed by atoms with Crippen molar-refractivity contribution in [1.82, 2.24) is 0 Å². The first-order valence-corrected chi connectivity index (χ1v) is 10.6. The van der Waals surface area contributed by atoms with Crippen LogP contribution in [0.3, 0.4) is 0 Å². The Balaban J connectivity index is 1.49. The molecule has 0 heterocycles. The first kappa shape index (κ1) is 18.7. The van der Waals surface area contributed by atoms with Crippen LogP contribution >= 0.6 is 0 Å². The van der Waals surface area contributed by atoms with E-state index >= 15 is 0 Å². The zero-order valence-electron chi connectivity index (χ0n) is 16.2. The summed E-state index contributed by atoms with van der Waals surface area (Å²) in [7, 11) is 0. The van der Waals surface area contributed by atoms with Gasteiger partial charge in [0.1, 0.15) is 5.82 Å². The Labute approximate surface area is 153 Å². The van der Waals surface area contributed by atoms with Gasteiger partial charge in [-0.25, -0.2) is 4.39 Å². The van der Waals surface area contributed by atoms with Gasteiger partial charge in [-0.1, -0.05) is 63.7 Å². The zero-order valence-corrected chi connectivity index (χ0v) is 16.2. The fourth-order valence-electron chi connectivity index (χ4n) is 4.97. The van der Waals surface area contributed by atoms with Crippen LogP contribution < -0.4 is 0 Å². The number of hydrogen-bond acceptors (Lipinski definition) is 0. The van der Waals surface area contributed by atoms with Crippen molar-refractivity contribution in [3.63, 3.8) is 0 Å². The van der Waals surface area contributed by atoms with E-state index in [2.05, 4.69) is 19.1 Å². The summed E-state index contributed by atoms with van der Waals surface area (Å²) in [5.41, 5.74) is 3.21. The minimum Gasteiger partial charge on any atom is -0.207 e. The predicted octanol–water partition coefficient (Wildman–Crippen LogP) is 7.70. The minimum absolute atomic E-state index is 0.0677. The van der Waals surface area contributed by atoms with Gasteiger partial charge >= 0.3 is 0 Å². The molecule has 1 fully saturated rings. The van der Waals surface area contributed by atoms with Crippen LogP contribution in [-0.2, 0) is 0 Å². The molecule has 0 nitrogen and oxygen atoms in total. The standard InChI is InChI=1S/C24H35F/c1-3-4-5-6-19-8-11-20(12-9-19)21-13-15-22(16-14-21)23-10-7-18(2)24(25)17-23/h7,10,15,17,19-21H,3-6,8-9,11-14,16H2,1-2H3/t19-,20-,21?. The van der Waals surface area contributed by atoms with Crippen molar-refractivity contribution in [2.45, 2.75) is 84.5 Å². The van der Waals surface area contributed by atoms with Gasteiger partial charge in [-0.2, -0.15) is 0 Å². The van der Waals surface area contributed by atoms with Gasteiger partial charge in [0, 0.05) is 0 Å². The predicted molar refractivity (Wildman–Crippen MR) is 106 cm³/mol. The van der Waals surface area contributed by atoms with E-state index in [9.17, 15) is 4.39 Å². The monoisotopic (exact) mass is 342 g/mol. The zero-order chi connectivity index (χ0) is 17.6. The number of benzene rings is 1. The second-order valence-corrected chi connectivity index (χ2v) is 8.50. The maximum Gasteiger partial charge on any atom is 0.126 e. The summed E-state index contributed by atoms with van der Waals surface area (Å²) in [6.45, 7) is 4.13. The second-order valence-electron chi connectivity index (χ2n) is 8.50. The van der Waals surface area contributed by atoms with Gasteiger partial charge < -0.3 is 0 Å². The molecule has 1 aromatic carbocycles. The summed E-state index contributed by atoms with van der Waals surface area (Å²) in [5, 5.41) is 0. The molecule has 0 amide bonds. The summed E-state index contributed by atoms with van der Waals surface area (Å²) in [6.07, 6.45) is 17.5. The van der Waals surface area contributed by atoms with Crippen molar-refractivity contribution in [1.29, 1.82) is 0 Å². The summed E-state index contributed by atoms with van der Waals surface area (Å²) in [4.78, 5) is 0. The van der Waals surface area contributed by atoms with E-state index in [1.807, 2.05) is 13.0 Å². The van der Waals surface area contributed by atoms with Gasteiger partial charge in [-0.05, 0) is 79.5 Å². The number of rotatable bonds is 6. The van der Waals surface area contributed by atoms with Gasteiger partial charge in [0.25, 0.3) is 0 Å². The molecular formula is C24H35F. The Morgan fingerprint density at radius 3 is 2.44 bits per heavy atom. The molecule has 3 rings (SSSR count). The molecule has 2 aliphatic rings. The largest absolute Gasteiger partial charge is 0.207 e. The molecule has 0 saturated heterocycles. The molecule has 1 atom stereocenters. The molecule has 0 bridgehead atoms. The van der Waals surface area contributed by atoms with Crippen LogP contribution in [0.5, 0.6) is 0 Å². The lowest BCUT2D eigenvalue weighted by molar-refractivity contribution is 0.187. The lowest BCUT2D eigenvalue weighted by Crippen LogP contribution is -2.23. The average molecular weight is 343 g/mol. The highest BCUT2D eigenvalue weighted by molar-refractivity contribution is 5.66. The highest BCUT2D eigenvalue weighted by Crippen LogP contribution is 2.42. The lowest BCUT2D eigenvalue weighted by Gasteiger charge is -2.35. The Bertz CT molecular complexity index is 578. The van der Waals surface area contributed by atoms with Crippen molar-refractivity contribution < 1.29 is 4.39 Å². The topological polar surface area (TPSA) is 0 Å². The van der Waals surface area contributed by atoms with Crippen molar-refractivity contribution in [2.75, 3.05) is 0 Å². The van der Waals surface area contributed by atoms with Crippen LogP contribution in [-0.4, -0.2) is 0 Å². The van der Waals surface area contributed by atoms with Crippen molar-refractivity contribution >= 4 is 5.57 Å². The Kier molecular flexibility index (Phi) is 6.73. The fraction of sp³-hybridized carbons (Fsp3) is 0.667. The highest BCUT2D eigenvalue weighted by atomic mass is 19.1. The molecule has 1 saturated carbocycles. The molecule has 0 aromatic heterocycles. The van der Waals surface area contributed by atoms with Crippen LogP contribution in [0.15, 0.2) is 24.3 Å². The van der Waals surface area contributed by atoms with Crippen molar-refractivity contribution in [2.24, 2.45) is 17.8 Å². The van der Waals surface area contributed by atoms with E-state index in [0.29, 0.717) is 0 Å². The Hall–Kier alpha value is -1.11. The number of unbranched alkanes of at least 4 members (excludes halogenated alkanes) is 2. The molecule has 0 spiro atoms. The number of halogens is 1. The molecular weight excluding hydrogens is 307 g/mol. The van der Waals surface area contributed by atoms with Crippen LogP contribution in [0.1, 0.15) is 88.7 Å². The summed E-state index contributed by atoms with van der Waals surface area (Å²) in [5.74, 6) is 2.75. The van der Waals surface area contributed by atoms with Crippen LogP contribution in [0.25, 0.3) is 5.57 Å². The van der Waals surface area contributed by atoms with Gasteiger partial charge in [-0.3, -0.25) is 0 Å². The first-order chi connectivity index (χ1) is 12.2. The molecule has 1 heteroatoms. The summed E-state index contributed by atoms with van der Waals surface area (Å²) in [6, 6.07) is 5.73. The molecule has 1 unspecified atom stereocenters. The maximum absolute atomic E-state index is 13.8. The van der Waals surface area contributed by atoms with Crippen molar-refractivity contribution in [3.8, 4) is 0 Å². The third kappa shape index (κ3) is 4.96. The van der Waals surface area contributed by atoms with E-state index in [1.54, 1.807) is 6.07 Å². The molecule has 0 N–H and O–H groups in total. The van der Waals surface area contributed by atoms with E-state index in [0.717, 1.165) is 35.3 Å². The van der Waals surface area contributed by atoms with Gasteiger partial charge in [0.2, 0.25) is 0 Å². The second kappa shape index (κ2) is 9.01. The highest BCUT2D eigenvalue weighted by Gasteiger charge is 2.28. The van der Waals surface area contributed by atoms with E-state index < -0.39 is 0 Å². The van der Waals surface area contributed by atoms with E-state index in [4.69, 9.17) is 0 Å². The lowest BCUT2D eigenvalue weighted by atomic mass is 9.70. The normalized spacial score (nSPS) is 27.2. The fourth-order valence-corrected chi connectivity index (χ4v) is 4.97. The molecule has 138 valence electrons. The van der Waals surface area contributed by atoms with Gasteiger partial charge in [0.05, 0.1) is 0 Å². The number of allylic oxidation sites excluding steroid dienone is 2. The Morgan fingerprint density at radius 1 is 1.00 bits per heavy atom.